The summed E-state index contributed by atoms with van der Waals surface area (Å²) in [5.41, 5.74) is -1.14. The summed E-state index contributed by atoms with van der Waals surface area (Å²) in [6, 6.07) is 3.14. The summed E-state index contributed by atoms with van der Waals surface area (Å²) in [5.74, 6) is -9.94. The quantitative estimate of drug-likeness (QED) is 0.0917. The zero-order valence-corrected chi connectivity index (χ0v) is 32.9. The third-order valence-corrected chi connectivity index (χ3v) is 41.7. The number of alkyl halides is 9. The van der Waals surface area contributed by atoms with Crippen LogP contribution in [0.5, 0.6) is 0 Å². The van der Waals surface area contributed by atoms with Crippen LogP contribution in [-0.2, 0) is 4.79 Å². The Morgan fingerprint density at radius 1 is 0.634 bits per heavy atom. The number of rotatable bonds is 17. The number of carbonyl (C=O) groups is 1. The van der Waals surface area contributed by atoms with Crippen LogP contribution in [0, 0.1) is 0 Å². The fraction of sp³-hybridized carbons (Fsp3) is 0.958. The Bertz CT molecular complexity index is 829. The van der Waals surface area contributed by atoms with E-state index in [1.165, 1.54) is 34.4 Å². The predicted octanol–water partition coefficient (Wildman–Crippen LogP) is 8.44. The predicted molar refractivity (Wildman–Crippen MR) is 170 cm³/mol. The maximum atomic E-state index is 14.3. The molecule has 0 aromatic carbocycles. The summed E-state index contributed by atoms with van der Waals surface area (Å²) in [5, 5.41) is 1.40. The van der Waals surface area contributed by atoms with Crippen molar-refractivity contribution in [2.45, 2.75) is 137 Å². The van der Waals surface area contributed by atoms with Crippen LogP contribution in [0.15, 0.2) is 0 Å². The Hall–Kier alpha value is 0.141. The molecule has 2 atom stereocenters. The zero-order valence-electron chi connectivity index (χ0n) is 26.4. The molecule has 2 nitrogen and oxygen atoms in total. The van der Waals surface area contributed by atoms with Gasteiger partial charge in [-0.1, -0.05) is 106 Å². The van der Waals surface area contributed by atoms with E-state index in [2.05, 4.69) is 65.5 Å². The van der Waals surface area contributed by atoms with Gasteiger partial charge in [-0.2, -0.15) is 35.1 Å². The van der Waals surface area contributed by atoms with Crippen LogP contribution in [-0.4, -0.2) is 87.0 Å². The van der Waals surface area contributed by atoms with Gasteiger partial charge in [-0.15, -0.1) is 0 Å². The molecular formula is C24H52F9NOSi6. The van der Waals surface area contributed by atoms with Gasteiger partial charge in [-0.05, 0) is 6.42 Å². The minimum Gasteiger partial charge on any atom is -0.353 e. The Labute approximate surface area is 248 Å². The fourth-order valence-corrected chi connectivity index (χ4v) is 53.7. The number of nitrogens with one attached hydrogen (secondary N) is 1. The van der Waals surface area contributed by atoms with Crippen LogP contribution in [0.2, 0.25) is 106 Å². The van der Waals surface area contributed by atoms with Crippen molar-refractivity contribution < 1.29 is 44.3 Å². The molecule has 1 N–H and O–H groups in total. The van der Waals surface area contributed by atoms with Gasteiger partial charge < -0.3 is 5.32 Å². The van der Waals surface area contributed by atoms with E-state index in [9.17, 15) is 44.3 Å². The van der Waals surface area contributed by atoms with Crippen LogP contribution in [0.3, 0.4) is 0 Å². The van der Waals surface area contributed by atoms with Gasteiger partial charge in [0.1, 0.15) is 0 Å². The first-order valence-electron chi connectivity index (χ1n) is 14.5. The van der Waals surface area contributed by atoms with Gasteiger partial charge in [0.15, 0.2) is 0 Å². The third kappa shape index (κ3) is 12.2. The molecule has 41 heavy (non-hydrogen) atoms. The second-order valence-electron chi connectivity index (χ2n) is 14.8. The molecule has 0 aliphatic rings. The van der Waals surface area contributed by atoms with Crippen LogP contribution >= 0.6 is 0 Å². The van der Waals surface area contributed by atoms with Gasteiger partial charge in [0.25, 0.3) is 5.91 Å². The van der Waals surface area contributed by atoms with Gasteiger partial charge in [0, 0.05) is 57.2 Å². The van der Waals surface area contributed by atoms with Crippen molar-refractivity contribution in [1.82, 2.24) is 5.32 Å². The van der Waals surface area contributed by atoms with Gasteiger partial charge >= 0.3 is 23.9 Å². The molecule has 0 saturated heterocycles. The van der Waals surface area contributed by atoms with Gasteiger partial charge in [-0.3, -0.25) is 4.79 Å². The summed E-state index contributed by atoms with van der Waals surface area (Å²) in [6.45, 7) is 23.1. The molecule has 0 fully saturated rings. The molecule has 0 rings (SSSR count). The molecule has 0 bridgehead atoms. The van der Waals surface area contributed by atoms with Crippen molar-refractivity contribution in [3.8, 4) is 0 Å². The standard InChI is InChI=1S/C24H52F9NOSi6/c1-36(2)16-40(9,17-37(3)4)14-15-41(10,18-38(5)6)19-39(7,8)13-11-12-34-20(35)21(25,23(28,29)30)22(26,27)24(31,32)33/h36-38H,11-19H2,1-10H3,(H,34,35). The molecule has 2 unspecified atom stereocenters. The van der Waals surface area contributed by atoms with E-state index in [0.29, 0.717) is 6.04 Å². The maximum absolute atomic E-state index is 14.3. The normalized spacial score (nSPS) is 17.2. The van der Waals surface area contributed by atoms with E-state index in [4.69, 9.17) is 0 Å². The number of hydrogen-bond donors (Lipinski definition) is 1. The minimum atomic E-state index is -6.93. The van der Waals surface area contributed by atoms with Crippen molar-refractivity contribution in [1.29, 1.82) is 0 Å². The van der Waals surface area contributed by atoms with Crippen LogP contribution in [0.1, 0.15) is 6.42 Å². The van der Waals surface area contributed by atoms with Crippen LogP contribution < -0.4 is 5.32 Å². The highest BCUT2D eigenvalue weighted by Crippen LogP contribution is 2.52. The fourth-order valence-electron chi connectivity index (χ4n) is 6.89. The number of carbonyl (C=O) groups excluding carboxylic acids is 1. The van der Waals surface area contributed by atoms with Crippen molar-refractivity contribution >= 4 is 56.5 Å². The van der Waals surface area contributed by atoms with Crippen molar-refractivity contribution in [2.75, 3.05) is 6.54 Å². The second-order valence-corrected chi connectivity index (χ2v) is 42.6. The largest absolute Gasteiger partial charge is 0.457 e. The highest BCUT2D eigenvalue weighted by molar-refractivity contribution is 7.01. The van der Waals surface area contributed by atoms with E-state index >= 15 is 0 Å². The molecule has 1 amide bonds. The number of amides is 1. The maximum Gasteiger partial charge on any atom is 0.457 e. The molecule has 0 spiro atoms. The summed E-state index contributed by atoms with van der Waals surface area (Å²) in [7, 11) is -7.29. The van der Waals surface area contributed by atoms with Crippen molar-refractivity contribution in [3.05, 3.63) is 0 Å². The van der Waals surface area contributed by atoms with E-state index in [-0.39, 0.29) is 6.42 Å². The highest BCUT2D eigenvalue weighted by atomic mass is 28.4. The molecule has 0 aliphatic carbocycles. The molecule has 0 radical (unpaired) electrons. The highest BCUT2D eigenvalue weighted by Gasteiger charge is 2.84. The number of halogens is 9. The SMILES string of the molecule is C[SiH](C)C[Si](C)(CC[Si](C)(C[SiH](C)C)C[Si](C)(C)CCCNC(=O)C(F)(C(F)(F)F)C(F)(F)C(F)(F)F)C[SiH](C)C. The first-order valence-corrected chi connectivity index (χ1v) is 33.6. The first-order chi connectivity index (χ1) is 18.0. The van der Waals surface area contributed by atoms with Gasteiger partial charge in [-0.25, -0.2) is 4.39 Å². The minimum absolute atomic E-state index is 0.0877. The third-order valence-electron chi connectivity index (χ3n) is 7.75. The molecule has 0 heterocycles. The second kappa shape index (κ2) is 14.9. The smallest absolute Gasteiger partial charge is 0.353 e. The summed E-state index contributed by atoms with van der Waals surface area (Å²) in [6.07, 6.45) is -13.6. The Morgan fingerprint density at radius 3 is 1.39 bits per heavy atom. The lowest BCUT2D eigenvalue weighted by Gasteiger charge is -2.40. The lowest BCUT2D eigenvalue weighted by atomic mass is 9.95. The summed E-state index contributed by atoms with van der Waals surface area (Å²) in [4.78, 5) is 11.9. The number of hydrogen-bond acceptors (Lipinski definition) is 1. The van der Waals surface area contributed by atoms with E-state index in [1.807, 2.05) is 0 Å². The topological polar surface area (TPSA) is 29.1 Å². The van der Waals surface area contributed by atoms with Crippen LogP contribution in [0.25, 0.3) is 0 Å². The molecule has 17 heteroatoms. The van der Waals surface area contributed by atoms with Crippen molar-refractivity contribution in [2.24, 2.45) is 0 Å². The zero-order chi connectivity index (χ0) is 32.9. The lowest BCUT2D eigenvalue weighted by molar-refractivity contribution is -0.370. The van der Waals surface area contributed by atoms with E-state index in [1.54, 1.807) is 0 Å². The molecular weight excluding hydrogens is 658 g/mol. The monoisotopic (exact) mass is 709 g/mol. The van der Waals surface area contributed by atoms with Crippen LogP contribution in [0.4, 0.5) is 39.5 Å². The average molecular weight is 710 g/mol. The Morgan fingerprint density at radius 2 is 1.02 bits per heavy atom. The van der Waals surface area contributed by atoms with Gasteiger partial charge in [0.2, 0.25) is 0 Å². The summed E-state index contributed by atoms with van der Waals surface area (Å²) < 4.78 is 119. The molecule has 0 aromatic heterocycles. The molecule has 0 aliphatic heterocycles. The molecule has 246 valence electrons. The summed E-state index contributed by atoms with van der Waals surface area (Å²) >= 11 is 0. The Kier molecular flexibility index (Phi) is 15.0. The molecule has 0 aromatic rings. The average Bonchev–Trinajstić information content (AvgIpc) is 2.70. The van der Waals surface area contributed by atoms with E-state index < -0.39 is 87.0 Å². The van der Waals surface area contributed by atoms with Gasteiger partial charge in [0.05, 0.1) is 0 Å². The lowest BCUT2D eigenvalue weighted by Crippen LogP contribution is -2.68. The molecule has 0 saturated carbocycles. The van der Waals surface area contributed by atoms with Crippen molar-refractivity contribution in [3.63, 3.8) is 0 Å². The van der Waals surface area contributed by atoms with E-state index in [0.717, 1.165) is 5.67 Å². The Balaban J connectivity index is 5.56. The first kappa shape index (κ1) is 41.1.